The molecule has 1 unspecified atom stereocenters. The molecule has 3 rings (SSSR count). The summed E-state index contributed by atoms with van der Waals surface area (Å²) in [7, 11) is 0. The number of amides is 1. The first-order valence-corrected chi connectivity index (χ1v) is 8.80. The molecule has 0 saturated carbocycles. The maximum absolute atomic E-state index is 12.5. The van der Waals surface area contributed by atoms with Crippen molar-refractivity contribution < 1.29 is 14.3 Å². The SMILES string of the molecule is O=C(CCl)OCC1N=C(c2ccccc2Cl)c2nc(Cl)ccc2NC1=O. The number of carbonyl (C=O) groups is 2. The number of ether oxygens (including phenoxy) is 1. The Morgan fingerprint density at radius 2 is 1.96 bits per heavy atom. The number of benzene rings is 1. The van der Waals surface area contributed by atoms with Crippen molar-refractivity contribution in [2.24, 2.45) is 4.99 Å². The molecular weight excluding hydrogens is 401 g/mol. The van der Waals surface area contributed by atoms with Crippen molar-refractivity contribution in [2.45, 2.75) is 6.04 Å². The zero-order chi connectivity index (χ0) is 18.7. The molecule has 2 heterocycles. The van der Waals surface area contributed by atoms with E-state index in [2.05, 4.69) is 15.3 Å². The normalized spacial score (nSPS) is 16.2. The lowest BCUT2D eigenvalue weighted by Crippen LogP contribution is -2.31. The summed E-state index contributed by atoms with van der Waals surface area (Å²) in [4.78, 5) is 32.6. The summed E-state index contributed by atoms with van der Waals surface area (Å²) in [6.45, 7) is -0.257. The third-order valence-electron chi connectivity index (χ3n) is 3.57. The molecular formula is C17H12Cl3N3O3. The fraction of sp³-hybridized carbons (Fsp3) is 0.176. The Balaban J connectivity index is 2.10. The third kappa shape index (κ3) is 3.98. The quantitative estimate of drug-likeness (QED) is 0.474. The summed E-state index contributed by atoms with van der Waals surface area (Å²) in [5.74, 6) is -1.40. The molecule has 0 fully saturated rings. The van der Waals surface area contributed by atoms with Gasteiger partial charge < -0.3 is 10.1 Å². The van der Waals surface area contributed by atoms with Gasteiger partial charge in [0.15, 0.2) is 6.04 Å². The monoisotopic (exact) mass is 411 g/mol. The number of esters is 1. The van der Waals surface area contributed by atoms with Crippen LogP contribution in [0.25, 0.3) is 0 Å². The van der Waals surface area contributed by atoms with Gasteiger partial charge in [0.05, 0.1) is 16.4 Å². The third-order valence-corrected chi connectivity index (χ3v) is 4.33. The molecule has 0 spiro atoms. The molecule has 1 aromatic heterocycles. The second-order valence-corrected chi connectivity index (χ2v) is 6.37. The number of pyridine rings is 1. The number of halogens is 3. The highest BCUT2D eigenvalue weighted by Gasteiger charge is 2.28. The molecule has 134 valence electrons. The summed E-state index contributed by atoms with van der Waals surface area (Å²) in [5, 5.41) is 3.39. The zero-order valence-corrected chi connectivity index (χ0v) is 15.5. The van der Waals surface area contributed by atoms with E-state index in [1.54, 1.807) is 36.4 Å². The van der Waals surface area contributed by atoms with Gasteiger partial charge in [0.1, 0.15) is 23.3 Å². The van der Waals surface area contributed by atoms with Crippen LogP contribution in [0.15, 0.2) is 41.4 Å². The first-order chi connectivity index (χ1) is 12.5. The van der Waals surface area contributed by atoms with Crippen LogP contribution in [0.4, 0.5) is 5.69 Å². The number of nitrogens with one attached hydrogen (secondary N) is 1. The molecule has 6 nitrogen and oxygen atoms in total. The number of alkyl halides is 1. The van der Waals surface area contributed by atoms with Crippen molar-refractivity contribution in [3.05, 3.63) is 57.8 Å². The molecule has 1 atom stereocenters. The van der Waals surface area contributed by atoms with Crippen LogP contribution in [-0.2, 0) is 14.3 Å². The number of aromatic nitrogens is 1. The predicted octanol–water partition coefficient (Wildman–Crippen LogP) is 3.33. The fourth-order valence-corrected chi connectivity index (χ4v) is 2.83. The molecule has 0 saturated heterocycles. The van der Waals surface area contributed by atoms with Gasteiger partial charge in [-0.3, -0.25) is 14.6 Å². The van der Waals surface area contributed by atoms with Gasteiger partial charge in [-0.25, -0.2) is 4.98 Å². The van der Waals surface area contributed by atoms with Crippen LogP contribution in [0.5, 0.6) is 0 Å². The summed E-state index contributed by atoms with van der Waals surface area (Å²) in [6.07, 6.45) is 0. The van der Waals surface area contributed by atoms with Crippen LogP contribution in [0.2, 0.25) is 10.2 Å². The smallest absolute Gasteiger partial charge is 0.320 e. The molecule has 1 N–H and O–H groups in total. The van der Waals surface area contributed by atoms with Crippen molar-refractivity contribution in [1.29, 1.82) is 0 Å². The number of rotatable bonds is 4. The number of fused-ring (bicyclic) bond motifs is 1. The van der Waals surface area contributed by atoms with E-state index < -0.39 is 17.9 Å². The largest absolute Gasteiger partial charge is 0.462 e. The summed E-state index contributed by atoms with van der Waals surface area (Å²) in [5.41, 5.74) is 1.77. The molecule has 0 radical (unpaired) electrons. The standard InChI is InChI=1S/C17H12Cl3N3O3/c18-7-14(24)26-8-12-17(25)22-11-5-6-13(20)23-16(11)15(21-12)9-3-1-2-4-10(9)19/h1-6,12H,7-8H2,(H,22,25). The molecule has 26 heavy (non-hydrogen) atoms. The average molecular weight is 413 g/mol. The number of aliphatic imine (C=N–C) groups is 1. The number of hydrogen-bond donors (Lipinski definition) is 1. The van der Waals surface area contributed by atoms with Crippen LogP contribution in [0.3, 0.4) is 0 Å². The Hall–Kier alpha value is -2.15. The second kappa shape index (κ2) is 8.03. The number of nitrogens with zero attached hydrogens (tertiary/aromatic N) is 2. The fourth-order valence-electron chi connectivity index (χ4n) is 2.38. The Labute approximate surface area is 164 Å². The lowest BCUT2D eigenvalue weighted by atomic mass is 10.1. The van der Waals surface area contributed by atoms with Crippen LogP contribution >= 0.6 is 34.8 Å². The van der Waals surface area contributed by atoms with Gasteiger partial charge in [-0.15, -0.1) is 11.6 Å². The van der Waals surface area contributed by atoms with Crippen molar-refractivity contribution in [2.75, 3.05) is 17.8 Å². The van der Waals surface area contributed by atoms with E-state index in [1.165, 1.54) is 0 Å². The molecule has 1 aromatic carbocycles. The Kier molecular flexibility index (Phi) is 5.76. The molecule has 1 aliphatic heterocycles. The van der Waals surface area contributed by atoms with Gasteiger partial charge in [0.2, 0.25) is 0 Å². The van der Waals surface area contributed by atoms with E-state index in [1.807, 2.05) is 0 Å². The maximum Gasteiger partial charge on any atom is 0.320 e. The van der Waals surface area contributed by atoms with Gasteiger partial charge in [0, 0.05) is 5.56 Å². The molecule has 1 amide bonds. The van der Waals surface area contributed by atoms with Crippen molar-refractivity contribution in [1.82, 2.24) is 4.98 Å². The molecule has 1 aliphatic rings. The first kappa shape index (κ1) is 18.6. The second-order valence-electron chi connectivity index (χ2n) is 5.31. The van der Waals surface area contributed by atoms with Crippen LogP contribution in [-0.4, -0.2) is 41.1 Å². The molecule has 0 bridgehead atoms. The highest BCUT2D eigenvalue weighted by atomic mass is 35.5. The van der Waals surface area contributed by atoms with Crippen LogP contribution in [0, 0.1) is 0 Å². The Bertz CT molecular complexity index is 902. The minimum atomic E-state index is -0.985. The molecule has 9 heteroatoms. The lowest BCUT2D eigenvalue weighted by molar-refractivity contribution is -0.141. The molecule has 0 aliphatic carbocycles. The van der Waals surface area contributed by atoms with Crippen molar-refractivity contribution >= 4 is 58.1 Å². The minimum Gasteiger partial charge on any atom is -0.462 e. The van der Waals surface area contributed by atoms with Crippen LogP contribution < -0.4 is 5.32 Å². The Morgan fingerprint density at radius 1 is 1.19 bits per heavy atom. The number of hydrogen-bond acceptors (Lipinski definition) is 5. The Morgan fingerprint density at radius 3 is 2.69 bits per heavy atom. The van der Waals surface area contributed by atoms with E-state index in [0.717, 1.165) is 0 Å². The van der Waals surface area contributed by atoms with Gasteiger partial charge in [-0.05, 0) is 18.2 Å². The summed E-state index contributed by atoms with van der Waals surface area (Å²) < 4.78 is 4.98. The van der Waals surface area contributed by atoms with Gasteiger partial charge in [0.25, 0.3) is 5.91 Å². The zero-order valence-electron chi connectivity index (χ0n) is 13.2. The van der Waals surface area contributed by atoms with E-state index in [9.17, 15) is 9.59 Å². The van der Waals surface area contributed by atoms with Crippen LogP contribution in [0.1, 0.15) is 11.3 Å². The van der Waals surface area contributed by atoms with E-state index in [4.69, 9.17) is 39.5 Å². The average Bonchev–Trinajstić information content (AvgIpc) is 2.76. The van der Waals surface area contributed by atoms with Crippen molar-refractivity contribution in [3.63, 3.8) is 0 Å². The topological polar surface area (TPSA) is 80.7 Å². The lowest BCUT2D eigenvalue weighted by Gasteiger charge is -2.11. The van der Waals surface area contributed by atoms with E-state index in [-0.39, 0.29) is 17.6 Å². The minimum absolute atomic E-state index is 0.241. The summed E-state index contributed by atoms with van der Waals surface area (Å²) in [6, 6.07) is 9.22. The first-order valence-electron chi connectivity index (χ1n) is 7.51. The van der Waals surface area contributed by atoms with Crippen molar-refractivity contribution in [3.8, 4) is 0 Å². The highest BCUT2D eigenvalue weighted by molar-refractivity contribution is 6.36. The van der Waals surface area contributed by atoms with Gasteiger partial charge in [-0.1, -0.05) is 41.4 Å². The maximum atomic E-state index is 12.5. The predicted molar refractivity (Wildman–Crippen MR) is 100 cm³/mol. The molecule has 2 aromatic rings. The van der Waals surface area contributed by atoms with E-state index in [0.29, 0.717) is 27.7 Å². The summed E-state index contributed by atoms with van der Waals surface area (Å²) >= 11 is 17.7. The van der Waals surface area contributed by atoms with Gasteiger partial charge in [-0.2, -0.15) is 0 Å². The number of carbonyl (C=O) groups excluding carboxylic acids is 2. The highest BCUT2D eigenvalue weighted by Crippen LogP contribution is 2.27. The number of anilines is 1. The van der Waals surface area contributed by atoms with Gasteiger partial charge >= 0.3 is 5.97 Å². The van der Waals surface area contributed by atoms with E-state index >= 15 is 0 Å².